The number of rotatable bonds is 7. The summed E-state index contributed by atoms with van der Waals surface area (Å²) in [4.78, 5) is 29.4. The van der Waals surface area contributed by atoms with Gasteiger partial charge in [-0.15, -0.1) is 11.3 Å². The van der Waals surface area contributed by atoms with Gasteiger partial charge in [0.2, 0.25) is 0 Å². The van der Waals surface area contributed by atoms with Crippen LogP contribution in [0.15, 0.2) is 90.3 Å². The van der Waals surface area contributed by atoms with Gasteiger partial charge in [0.15, 0.2) is 0 Å². The fourth-order valence-corrected chi connectivity index (χ4v) is 5.11. The van der Waals surface area contributed by atoms with Crippen molar-refractivity contribution in [3.63, 3.8) is 0 Å². The van der Waals surface area contributed by atoms with Crippen molar-refractivity contribution in [3.8, 4) is 33.0 Å². The zero-order valence-electron chi connectivity index (χ0n) is 20.1. The number of nitrogens with zero attached hydrogens (tertiary/aromatic N) is 1. The molecule has 0 aliphatic heterocycles. The van der Waals surface area contributed by atoms with Crippen LogP contribution in [0.25, 0.3) is 33.0 Å². The van der Waals surface area contributed by atoms with Crippen LogP contribution in [0.2, 0.25) is 10.0 Å². The average molecular weight is 577 g/mol. The Morgan fingerprint density at radius 3 is 2.23 bits per heavy atom. The molecule has 0 radical (unpaired) electrons. The minimum Gasteiger partial charge on any atom is -0.478 e. The molecule has 0 fully saturated rings. The largest absolute Gasteiger partial charge is 0.478 e. The molecule has 1 aromatic heterocycles. The normalized spacial score (nSPS) is 10.8. The SMILES string of the molecule is O=C(NCc1ccc(F)cc1)c1ccc(-c2ccc(-c3nc(-c4ccc(Cl)c(Cl)c4)cs3)cc2C(=O)O)cc1. The highest BCUT2D eigenvalue weighted by Crippen LogP contribution is 2.34. The molecule has 0 aliphatic rings. The molecule has 1 heterocycles. The maximum atomic E-state index is 13.1. The zero-order valence-corrected chi connectivity index (χ0v) is 22.4. The Morgan fingerprint density at radius 1 is 0.846 bits per heavy atom. The summed E-state index contributed by atoms with van der Waals surface area (Å²) in [6.45, 7) is 0.259. The van der Waals surface area contributed by atoms with Crippen molar-refractivity contribution in [3.05, 3.63) is 123 Å². The van der Waals surface area contributed by atoms with Gasteiger partial charge in [0.05, 0.1) is 21.3 Å². The van der Waals surface area contributed by atoms with Crippen LogP contribution < -0.4 is 5.32 Å². The zero-order chi connectivity index (χ0) is 27.5. The molecule has 194 valence electrons. The first-order valence-corrected chi connectivity index (χ1v) is 13.3. The van der Waals surface area contributed by atoms with Crippen molar-refractivity contribution < 1.29 is 19.1 Å². The highest BCUT2D eigenvalue weighted by Gasteiger charge is 2.16. The lowest BCUT2D eigenvalue weighted by molar-refractivity contribution is 0.0697. The summed E-state index contributed by atoms with van der Waals surface area (Å²) in [7, 11) is 0. The van der Waals surface area contributed by atoms with Crippen molar-refractivity contribution in [2.75, 3.05) is 0 Å². The molecule has 2 N–H and O–H groups in total. The molecule has 9 heteroatoms. The summed E-state index contributed by atoms with van der Waals surface area (Å²) < 4.78 is 13.1. The number of carbonyl (C=O) groups excluding carboxylic acids is 1. The number of aromatic carboxylic acids is 1. The second-order valence-corrected chi connectivity index (χ2v) is 10.3. The number of carboxylic acid groups (broad SMARTS) is 1. The third kappa shape index (κ3) is 6.01. The predicted octanol–water partition coefficient (Wildman–Crippen LogP) is 8.22. The second kappa shape index (κ2) is 11.4. The standard InChI is InChI=1S/C30H19Cl2FN2O3S/c31-25-12-8-20(14-26(25)32)27-16-39-29(35-27)21-7-11-23(24(13-21)30(37)38)18-3-5-19(6-4-18)28(36)34-15-17-1-9-22(33)10-2-17/h1-14,16H,15H2,(H,34,36)(H,37,38). The quantitative estimate of drug-likeness (QED) is 0.204. The minimum atomic E-state index is -1.07. The summed E-state index contributed by atoms with van der Waals surface area (Å²) in [5.41, 5.74) is 4.68. The van der Waals surface area contributed by atoms with Crippen LogP contribution in [0, 0.1) is 5.82 Å². The molecule has 39 heavy (non-hydrogen) atoms. The molecule has 0 unspecified atom stereocenters. The Balaban J connectivity index is 1.35. The van der Waals surface area contributed by atoms with Crippen LogP contribution in [0.4, 0.5) is 4.39 Å². The molecule has 5 aromatic rings. The predicted molar refractivity (Wildman–Crippen MR) is 153 cm³/mol. The van der Waals surface area contributed by atoms with E-state index in [1.54, 1.807) is 60.7 Å². The van der Waals surface area contributed by atoms with Crippen molar-refractivity contribution in [2.24, 2.45) is 0 Å². The van der Waals surface area contributed by atoms with Crippen molar-refractivity contribution in [2.45, 2.75) is 6.54 Å². The Kier molecular flexibility index (Phi) is 7.74. The van der Waals surface area contributed by atoms with E-state index in [2.05, 4.69) is 10.3 Å². The molecule has 5 nitrogen and oxygen atoms in total. The van der Waals surface area contributed by atoms with Crippen LogP contribution in [-0.4, -0.2) is 22.0 Å². The molecule has 0 atom stereocenters. The van der Waals surface area contributed by atoms with E-state index in [1.807, 2.05) is 17.5 Å². The van der Waals surface area contributed by atoms with Crippen LogP contribution in [0.3, 0.4) is 0 Å². The summed E-state index contributed by atoms with van der Waals surface area (Å²) in [5.74, 6) is -1.70. The summed E-state index contributed by atoms with van der Waals surface area (Å²) >= 11 is 13.5. The fraction of sp³-hybridized carbons (Fsp3) is 0.0333. The van der Waals surface area contributed by atoms with E-state index >= 15 is 0 Å². The van der Waals surface area contributed by atoms with Crippen LogP contribution in [0.1, 0.15) is 26.3 Å². The van der Waals surface area contributed by atoms with E-state index in [-0.39, 0.29) is 23.8 Å². The van der Waals surface area contributed by atoms with E-state index in [0.717, 1.165) is 11.1 Å². The highest BCUT2D eigenvalue weighted by atomic mass is 35.5. The Hall–Kier alpha value is -4.04. The first kappa shape index (κ1) is 26.6. The van der Waals surface area contributed by atoms with Gasteiger partial charge >= 0.3 is 5.97 Å². The Labute approximate surface area is 237 Å². The van der Waals surface area contributed by atoms with Gasteiger partial charge in [-0.1, -0.05) is 65.7 Å². The number of benzene rings is 4. The first-order valence-electron chi connectivity index (χ1n) is 11.7. The summed E-state index contributed by atoms with van der Waals surface area (Å²) in [6.07, 6.45) is 0. The van der Waals surface area contributed by atoms with E-state index in [9.17, 15) is 19.1 Å². The lowest BCUT2D eigenvalue weighted by atomic mass is 9.96. The lowest BCUT2D eigenvalue weighted by Gasteiger charge is -2.10. The topological polar surface area (TPSA) is 79.3 Å². The van der Waals surface area contributed by atoms with Gasteiger partial charge in [0.25, 0.3) is 5.91 Å². The maximum absolute atomic E-state index is 13.1. The number of carboxylic acids is 1. The van der Waals surface area contributed by atoms with E-state index in [1.165, 1.54) is 23.5 Å². The number of amides is 1. The van der Waals surface area contributed by atoms with E-state index in [0.29, 0.717) is 43.0 Å². The molecule has 4 aromatic carbocycles. The lowest BCUT2D eigenvalue weighted by Crippen LogP contribution is -2.22. The summed E-state index contributed by atoms with van der Waals surface area (Å²) in [6, 6.07) is 23.0. The monoisotopic (exact) mass is 576 g/mol. The second-order valence-electron chi connectivity index (χ2n) is 8.62. The van der Waals surface area contributed by atoms with Gasteiger partial charge in [-0.2, -0.15) is 0 Å². The Bertz CT molecular complexity index is 1690. The van der Waals surface area contributed by atoms with Gasteiger partial charge in [0.1, 0.15) is 10.8 Å². The first-order chi connectivity index (χ1) is 18.8. The van der Waals surface area contributed by atoms with Gasteiger partial charge in [-0.25, -0.2) is 14.2 Å². The number of carbonyl (C=O) groups is 2. The van der Waals surface area contributed by atoms with Gasteiger partial charge in [-0.3, -0.25) is 4.79 Å². The van der Waals surface area contributed by atoms with Crippen LogP contribution in [0.5, 0.6) is 0 Å². The van der Waals surface area contributed by atoms with Gasteiger partial charge < -0.3 is 10.4 Å². The molecule has 0 spiro atoms. The molecule has 0 saturated carbocycles. The van der Waals surface area contributed by atoms with Crippen LogP contribution >= 0.6 is 34.5 Å². The minimum absolute atomic E-state index is 0.118. The number of thiazole rings is 1. The van der Waals surface area contributed by atoms with Crippen LogP contribution in [-0.2, 0) is 6.54 Å². The maximum Gasteiger partial charge on any atom is 0.336 e. The third-order valence-electron chi connectivity index (χ3n) is 6.04. The Morgan fingerprint density at radius 2 is 1.54 bits per heavy atom. The highest BCUT2D eigenvalue weighted by molar-refractivity contribution is 7.13. The number of nitrogens with one attached hydrogen (secondary N) is 1. The van der Waals surface area contributed by atoms with Crippen molar-refractivity contribution in [1.29, 1.82) is 0 Å². The molecule has 0 saturated heterocycles. The van der Waals surface area contributed by atoms with Crippen molar-refractivity contribution >= 4 is 46.4 Å². The van der Waals surface area contributed by atoms with Crippen molar-refractivity contribution in [1.82, 2.24) is 10.3 Å². The molecule has 5 rings (SSSR count). The van der Waals surface area contributed by atoms with Gasteiger partial charge in [0, 0.05) is 28.6 Å². The number of hydrogen-bond donors (Lipinski definition) is 2. The third-order valence-corrected chi connectivity index (χ3v) is 7.67. The smallest absolute Gasteiger partial charge is 0.336 e. The molecule has 0 bridgehead atoms. The molecule has 0 aliphatic carbocycles. The summed E-state index contributed by atoms with van der Waals surface area (Å²) in [5, 5.41) is 16.2. The number of aromatic nitrogens is 1. The van der Waals surface area contributed by atoms with E-state index in [4.69, 9.17) is 23.2 Å². The molecular formula is C30H19Cl2FN2O3S. The number of hydrogen-bond acceptors (Lipinski definition) is 4. The fourth-order valence-electron chi connectivity index (χ4n) is 3.99. The molecular weight excluding hydrogens is 558 g/mol. The number of halogens is 3. The van der Waals surface area contributed by atoms with E-state index < -0.39 is 5.97 Å². The molecule has 1 amide bonds. The average Bonchev–Trinajstić information content (AvgIpc) is 3.44. The van der Waals surface area contributed by atoms with Gasteiger partial charge in [-0.05, 0) is 59.2 Å².